The normalized spacial score (nSPS) is 17.8. The van der Waals surface area contributed by atoms with Crippen molar-refractivity contribution in [3.8, 4) is 0 Å². The Morgan fingerprint density at radius 3 is 2.75 bits per heavy atom. The van der Waals surface area contributed by atoms with Gasteiger partial charge in [0.05, 0.1) is 8.49 Å². The highest BCUT2D eigenvalue weighted by atomic mass is 127. The third kappa shape index (κ3) is 3.57. The molecule has 1 aromatic rings. The molecule has 110 valence electrons. The summed E-state index contributed by atoms with van der Waals surface area (Å²) in [7, 11) is 0. The van der Waals surface area contributed by atoms with Crippen molar-refractivity contribution in [3.63, 3.8) is 0 Å². The van der Waals surface area contributed by atoms with Gasteiger partial charge in [-0.15, -0.1) is 0 Å². The molecule has 7 heteroatoms. The minimum atomic E-state index is -0.490. The van der Waals surface area contributed by atoms with Gasteiger partial charge in [-0.1, -0.05) is 6.92 Å². The first-order valence-electron chi connectivity index (χ1n) is 6.36. The van der Waals surface area contributed by atoms with Gasteiger partial charge in [0.2, 0.25) is 0 Å². The van der Waals surface area contributed by atoms with Crippen LogP contribution in [0.5, 0.6) is 0 Å². The highest BCUT2D eigenvalue weighted by molar-refractivity contribution is 14.1. The molecule has 0 bridgehead atoms. The number of hydrogen-bond acceptors (Lipinski definition) is 4. The molecule has 1 aliphatic rings. The number of benzene rings is 1. The topological polar surface area (TPSA) is 64.4 Å². The fourth-order valence-corrected chi connectivity index (χ4v) is 2.63. The number of nitro groups is 1. The number of halogens is 2. The lowest BCUT2D eigenvalue weighted by Gasteiger charge is -2.33. The van der Waals surface area contributed by atoms with Crippen molar-refractivity contribution >= 4 is 34.0 Å². The van der Waals surface area contributed by atoms with Crippen LogP contribution in [0.4, 0.5) is 15.8 Å². The fourth-order valence-electron chi connectivity index (χ4n) is 2.18. The van der Waals surface area contributed by atoms with Crippen molar-refractivity contribution in [2.45, 2.75) is 19.8 Å². The molecule has 2 rings (SSSR count). The van der Waals surface area contributed by atoms with Crippen LogP contribution in [-0.4, -0.2) is 24.7 Å². The van der Waals surface area contributed by atoms with Crippen molar-refractivity contribution in [2.24, 2.45) is 5.41 Å². The van der Waals surface area contributed by atoms with Crippen LogP contribution in [-0.2, 0) is 4.74 Å². The molecular weight excluding hydrogens is 378 g/mol. The molecule has 0 aliphatic carbocycles. The molecule has 5 nitrogen and oxygen atoms in total. The van der Waals surface area contributed by atoms with Crippen LogP contribution >= 0.6 is 22.6 Å². The second-order valence-electron chi connectivity index (χ2n) is 5.32. The number of nitrogens with zero attached hydrogens (tertiary/aromatic N) is 1. The zero-order valence-corrected chi connectivity index (χ0v) is 13.3. The molecule has 1 aliphatic heterocycles. The average Bonchev–Trinajstić information content (AvgIpc) is 2.40. The lowest BCUT2D eigenvalue weighted by molar-refractivity contribution is -0.384. The van der Waals surface area contributed by atoms with Gasteiger partial charge >= 0.3 is 0 Å². The molecule has 1 saturated heterocycles. The van der Waals surface area contributed by atoms with Crippen LogP contribution in [0.3, 0.4) is 0 Å². The summed E-state index contributed by atoms with van der Waals surface area (Å²) in [6.07, 6.45) is 1.78. The molecule has 1 N–H and O–H groups in total. The average molecular weight is 394 g/mol. The summed E-state index contributed by atoms with van der Waals surface area (Å²) in [5.74, 6) is -0.448. The molecular formula is C13H16FIN2O3. The van der Waals surface area contributed by atoms with E-state index in [2.05, 4.69) is 12.2 Å². The van der Waals surface area contributed by atoms with Gasteiger partial charge in [-0.2, -0.15) is 0 Å². The lowest BCUT2D eigenvalue weighted by atomic mass is 9.82. The Hall–Kier alpha value is -0.960. The molecule has 20 heavy (non-hydrogen) atoms. The van der Waals surface area contributed by atoms with Gasteiger partial charge in [0.15, 0.2) is 0 Å². The summed E-state index contributed by atoms with van der Waals surface area (Å²) in [6, 6.07) is 2.45. The van der Waals surface area contributed by atoms with Gasteiger partial charge in [-0.3, -0.25) is 10.1 Å². The van der Waals surface area contributed by atoms with Crippen LogP contribution in [0.15, 0.2) is 12.1 Å². The maximum Gasteiger partial charge on any atom is 0.293 e. The molecule has 0 unspecified atom stereocenters. The SMILES string of the molecule is CC1(CNc2cc(F)c(I)cc2[N+](=O)[O-])CCOCC1. The quantitative estimate of drug-likeness (QED) is 0.482. The zero-order valence-electron chi connectivity index (χ0n) is 11.1. The lowest BCUT2D eigenvalue weighted by Crippen LogP contribution is -2.33. The van der Waals surface area contributed by atoms with Crippen LogP contribution in [0.25, 0.3) is 0 Å². The number of rotatable bonds is 4. The van der Waals surface area contributed by atoms with Crippen LogP contribution < -0.4 is 5.32 Å². The summed E-state index contributed by atoms with van der Waals surface area (Å²) in [6.45, 7) is 4.07. The van der Waals surface area contributed by atoms with Crippen molar-refractivity contribution in [3.05, 3.63) is 31.6 Å². The van der Waals surface area contributed by atoms with Crippen molar-refractivity contribution < 1.29 is 14.1 Å². The van der Waals surface area contributed by atoms with Crippen molar-refractivity contribution in [1.29, 1.82) is 0 Å². The molecule has 1 aromatic carbocycles. The van der Waals surface area contributed by atoms with E-state index < -0.39 is 10.7 Å². The van der Waals surface area contributed by atoms with Gasteiger partial charge in [0.25, 0.3) is 5.69 Å². The fraction of sp³-hybridized carbons (Fsp3) is 0.538. The van der Waals surface area contributed by atoms with E-state index in [4.69, 9.17) is 4.74 Å². The van der Waals surface area contributed by atoms with E-state index in [9.17, 15) is 14.5 Å². The number of hydrogen-bond donors (Lipinski definition) is 1. The Morgan fingerprint density at radius 2 is 2.15 bits per heavy atom. The van der Waals surface area contributed by atoms with Gasteiger partial charge in [0.1, 0.15) is 11.5 Å². The molecule has 0 amide bonds. The van der Waals surface area contributed by atoms with Crippen LogP contribution in [0.1, 0.15) is 19.8 Å². The second-order valence-corrected chi connectivity index (χ2v) is 6.48. The van der Waals surface area contributed by atoms with Gasteiger partial charge in [-0.05, 0) is 40.8 Å². The van der Waals surface area contributed by atoms with Crippen LogP contribution in [0, 0.1) is 24.9 Å². The van der Waals surface area contributed by atoms with E-state index in [1.807, 2.05) is 0 Å². The summed E-state index contributed by atoms with van der Waals surface area (Å²) >= 11 is 1.75. The Bertz CT molecular complexity index is 519. The van der Waals surface area contributed by atoms with Gasteiger partial charge in [-0.25, -0.2) is 4.39 Å². The maximum absolute atomic E-state index is 13.6. The minimum absolute atomic E-state index is 0.0194. The Kier molecular flexibility index (Phi) is 4.79. The van der Waals surface area contributed by atoms with Gasteiger partial charge < -0.3 is 10.1 Å². The van der Waals surface area contributed by atoms with E-state index in [0.717, 1.165) is 12.8 Å². The van der Waals surface area contributed by atoms with E-state index in [0.29, 0.717) is 19.8 Å². The number of nitrogens with one attached hydrogen (secondary N) is 1. The summed E-state index contributed by atoms with van der Waals surface area (Å²) in [5.41, 5.74) is 0.165. The largest absolute Gasteiger partial charge is 0.381 e. The first-order valence-corrected chi connectivity index (χ1v) is 7.44. The third-order valence-corrected chi connectivity index (χ3v) is 4.47. The monoisotopic (exact) mass is 394 g/mol. The Morgan fingerprint density at radius 1 is 1.50 bits per heavy atom. The Labute approximate surface area is 130 Å². The predicted octanol–water partition coefficient (Wildman–Crippen LogP) is 3.57. The molecule has 1 heterocycles. The number of anilines is 1. The van der Waals surface area contributed by atoms with E-state index in [-0.39, 0.29) is 20.4 Å². The third-order valence-electron chi connectivity index (χ3n) is 3.64. The smallest absolute Gasteiger partial charge is 0.293 e. The van der Waals surface area contributed by atoms with E-state index >= 15 is 0 Å². The summed E-state index contributed by atoms with van der Waals surface area (Å²) in [5, 5.41) is 14.1. The molecule has 0 radical (unpaired) electrons. The Balaban J connectivity index is 2.16. The number of ether oxygens (including phenoxy) is 1. The van der Waals surface area contributed by atoms with Gasteiger partial charge in [0, 0.05) is 31.9 Å². The van der Waals surface area contributed by atoms with Crippen molar-refractivity contribution in [1.82, 2.24) is 0 Å². The first kappa shape index (κ1) is 15.4. The molecule has 0 saturated carbocycles. The molecule has 0 atom stereocenters. The second kappa shape index (κ2) is 6.21. The van der Waals surface area contributed by atoms with Crippen LogP contribution in [0.2, 0.25) is 0 Å². The van der Waals surface area contributed by atoms with E-state index in [1.165, 1.54) is 12.1 Å². The molecule has 0 aromatic heterocycles. The molecule has 1 fully saturated rings. The highest BCUT2D eigenvalue weighted by Gasteiger charge is 2.28. The number of nitro benzene ring substituents is 1. The van der Waals surface area contributed by atoms with Crippen molar-refractivity contribution in [2.75, 3.05) is 25.1 Å². The first-order chi connectivity index (χ1) is 9.41. The zero-order chi connectivity index (χ0) is 14.8. The maximum atomic E-state index is 13.6. The highest BCUT2D eigenvalue weighted by Crippen LogP contribution is 2.33. The van der Waals surface area contributed by atoms with E-state index in [1.54, 1.807) is 22.6 Å². The summed E-state index contributed by atoms with van der Waals surface area (Å²) in [4.78, 5) is 10.5. The summed E-state index contributed by atoms with van der Waals surface area (Å²) < 4.78 is 19.2. The molecule has 0 spiro atoms. The predicted molar refractivity (Wildman–Crippen MR) is 82.4 cm³/mol. The minimum Gasteiger partial charge on any atom is -0.381 e. The standard InChI is InChI=1S/C13H16FIN2O3/c1-13(2-4-20-5-3-13)8-16-11-6-9(14)10(15)7-12(11)17(18)19/h6-7,16H,2-5,8H2,1H3.